The lowest BCUT2D eigenvalue weighted by atomic mass is 9.79. The number of nitrogens with zero attached hydrogens (tertiary/aromatic N) is 1. The van der Waals surface area contributed by atoms with Crippen molar-refractivity contribution in [2.24, 2.45) is 5.92 Å². The third kappa shape index (κ3) is 4.27. The quantitative estimate of drug-likeness (QED) is 0.767. The highest BCUT2D eigenvalue weighted by atomic mass is 32.2. The molecule has 1 aliphatic heterocycles. The maximum Gasteiger partial charge on any atom is 0.500 e. The molecule has 25 heavy (non-hydrogen) atoms. The van der Waals surface area contributed by atoms with Crippen molar-refractivity contribution in [1.82, 2.24) is 4.98 Å². The van der Waals surface area contributed by atoms with E-state index in [4.69, 9.17) is 14.0 Å². The Morgan fingerprint density at radius 2 is 1.88 bits per heavy atom. The first-order valence-electron chi connectivity index (χ1n) is 8.43. The highest BCUT2D eigenvalue weighted by Gasteiger charge is 2.52. The second kappa shape index (κ2) is 6.14. The van der Waals surface area contributed by atoms with E-state index in [1.807, 2.05) is 27.7 Å². The summed E-state index contributed by atoms with van der Waals surface area (Å²) >= 11 is 0. The van der Waals surface area contributed by atoms with Gasteiger partial charge in [0.25, 0.3) is 0 Å². The predicted molar refractivity (Wildman–Crippen MR) is 96.6 cm³/mol. The van der Waals surface area contributed by atoms with Crippen LogP contribution in [0.3, 0.4) is 0 Å². The fourth-order valence-corrected chi connectivity index (χ4v) is 3.02. The fraction of sp³-hybridized carbons (Fsp3) is 0.688. The van der Waals surface area contributed by atoms with E-state index in [1.54, 1.807) is 6.07 Å². The minimum atomic E-state index is -3.40. The molecule has 0 radical (unpaired) electrons. The number of rotatable bonds is 6. The monoisotopic (exact) mass is 368 g/mol. The van der Waals surface area contributed by atoms with Crippen LogP contribution < -0.4 is 14.9 Å². The highest BCUT2D eigenvalue weighted by molar-refractivity contribution is 7.92. The molecule has 1 saturated carbocycles. The molecule has 1 aliphatic carbocycles. The van der Waals surface area contributed by atoms with Crippen molar-refractivity contribution in [3.8, 4) is 5.88 Å². The van der Waals surface area contributed by atoms with Gasteiger partial charge in [-0.15, -0.1) is 0 Å². The van der Waals surface area contributed by atoms with E-state index in [2.05, 4.69) is 9.71 Å². The molecule has 3 rings (SSSR count). The van der Waals surface area contributed by atoms with Crippen LogP contribution in [0.15, 0.2) is 12.3 Å². The molecule has 138 valence electrons. The number of anilines is 1. The first-order chi connectivity index (χ1) is 11.5. The topological polar surface area (TPSA) is 86.8 Å². The first kappa shape index (κ1) is 18.5. The van der Waals surface area contributed by atoms with Gasteiger partial charge >= 0.3 is 7.12 Å². The highest BCUT2D eigenvalue weighted by Crippen LogP contribution is 2.37. The predicted octanol–water partition coefficient (Wildman–Crippen LogP) is 1.54. The minimum absolute atomic E-state index is 0.353. The maximum atomic E-state index is 11.5. The van der Waals surface area contributed by atoms with Gasteiger partial charge in [0.1, 0.15) is 0 Å². The SMILES string of the molecule is CC1(C)OB(c2cc(NS(C)(=O)=O)cnc2OCC2CC2)OC1(C)C. The summed E-state index contributed by atoms with van der Waals surface area (Å²) in [6.45, 7) is 8.44. The van der Waals surface area contributed by atoms with Crippen LogP contribution in [-0.2, 0) is 19.3 Å². The summed E-state index contributed by atoms with van der Waals surface area (Å²) in [6, 6.07) is 1.67. The number of hydrogen-bond donors (Lipinski definition) is 1. The summed E-state index contributed by atoms with van der Waals surface area (Å²) in [4.78, 5) is 4.29. The summed E-state index contributed by atoms with van der Waals surface area (Å²) in [7, 11) is -4.08. The Balaban J connectivity index is 1.91. The number of pyridine rings is 1. The second-order valence-electron chi connectivity index (χ2n) is 7.84. The Bertz CT molecular complexity index is 746. The molecule has 0 amide bonds. The lowest BCUT2D eigenvalue weighted by Gasteiger charge is -2.32. The van der Waals surface area contributed by atoms with Crippen molar-refractivity contribution >= 4 is 28.3 Å². The van der Waals surface area contributed by atoms with Crippen LogP contribution in [-0.4, -0.2) is 44.6 Å². The summed E-state index contributed by atoms with van der Waals surface area (Å²) in [5, 5.41) is 0. The summed E-state index contributed by atoms with van der Waals surface area (Å²) < 4.78 is 43.5. The van der Waals surface area contributed by atoms with E-state index >= 15 is 0 Å². The van der Waals surface area contributed by atoms with Crippen LogP contribution in [0.1, 0.15) is 40.5 Å². The van der Waals surface area contributed by atoms with Gasteiger partial charge in [0.2, 0.25) is 15.9 Å². The van der Waals surface area contributed by atoms with Crippen molar-refractivity contribution in [2.75, 3.05) is 17.6 Å². The van der Waals surface area contributed by atoms with E-state index < -0.39 is 28.3 Å². The standard InChI is InChI=1S/C16H25BN2O5S/c1-15(2)16(3,4)24-17(23-15)13-8-12(19-25(5,20)21)9-18-14(13)22-10-11-6-7-11/h8-9,11,19H,6-7,10H2,1-5H3. The minimum Gasteiger partial charge on any atom is -0.478 e. The Morgan fingerprint density at radius 1 is 1.28 bits per heavy atom. The van der Waals surface area contributed by atoms with Gasteiger partial charge in [-0.05, 0) is 52.5 Å². The van der Waals surface area contributed by atoms with Gasteiger partial charge in [-0.25, -0.2) is 13.4 Å². The normalized spacial score (nSPS) is 22.0. The summed E-state index contributed by atoms with van der Waals surface area (Å²) in [6.07, 6.45) is 4.87. The van der Waals surface area contributed by atoms with Crippen molar-refractivity contribution in [3.05, 3.63) is 12.3 Å². The number of nitrogens with one attached hydrogen (secondary N) is 1. The summed E-state index contributed by atoms with van der Waals surface area (Å²) in [5.74, 6) is 0.992. The molecule has 1 N–H and O–H groups in total. The van der Waals surface area contributed by atoms with Crippen LogP contribution in [0, 0.1) is 5.92 Å². The maximum absolute atomic E-state index is 11.5. The van der Waals surface area contributed by atoms with E-state index in [1.165, 1.54) is 19.0 Å². The zero-order valence-electron chi connectivity index (χ0n) is 15.3. The van der Waals surface area contributed by atoms with Gasteiger partial charge in [0, 0.05) is 5.46 Å². The van der Waals surface area contributed by atoms with Gasteiger partial charge in [0.05, 0.1) is 35.9 Å². The third-order valence-electron chi connectivity index (χ3n) is 4.84. The van der Waals surface area contributed by atoms with Crippen LogP contribution in [0.2, 0.25) is 0 Å². The second-order valence-corrected chi connectivity index (χ2v) is 9.58. The average Bonchev–Trinajstić information content (AvgIpc) is 3.23. The molecule has 0 atom stereocenters. The van der Waals surface area contributed by atoms with Gasteiger partial charge < -0.3 is 14.0 Å². The number of ether oxygens (including phenoxy) is 1. The van der Waals surface area contributed by atoms with E-state index in [-0.39, 0.29) is 0 Å². The fourth-order valence-electron chi connectivity index (χ4n) is 2.48. The Kier molecular flexibility index (Phi) is 4.54. The molecule has 2 aliphatic rings. The van der Waals surface area contributed by atoms with E-state index in [9.17, 15) is 8.42 Å². The van der Waals surface area contributed by atoms with Crippen molar-refractivity contribution in [1.29, 1.82) is 0 Å². The number of sulfonamides is 1. The zero-order valence-corrected chi connectivity index (χ0v) is 16.1. The van der Waals surface area contributed by atoms with Gasteiger partial charge in [-0.3, -0.25) is 4.72 Å². The molecule has 1 aromatic heterocycles. The molecule has 1 saturated heterocycles. The van der Waals surface area contributed by atoms with Gasteiger partial charge in [-0.1, -0.05) is 0 Å². The zero-order chi connectivity index (χ0) is 18.5. The molecule has 2 fully saturated rings. The van der Waals surface area contributed by atoms with Crippen LogP contribution in [0.5, 0.6) is 5.88 Å². The van der Waals surface area contributed by atoms with E-state index in [0.717, 1.165) is 6.26 Å². The lowest BCUT2D eigenvalue weighted by molar-refractivity contribution is 0.00578. The van der Waals surface area contributed by atoms with E-state index in [0.29, 0.717) is 29.6 Å². The smallest absolute Gasteiger partial charge is 0.478 e. The van der Waals surface area contributed by atoms with Crippen molar-refractivity contribution in [3.63, 3.8) is 0 Å². The Labute approximate surface area is 149 Å². The van der Waals surface area contributed by atoms with Crippen molar-refractivity contribution in [2.45, 2.75) is 51.7 Å². The molecule has 1 aromatic rings. The van der Waals surface area contributed by atoms with Crippen molar-refractivity contribution < 1.29 is 22.5 Å². The molecular weight excluding hydrogens is 343 g/mol. The molecular formula is C16H25BN2O5S. The molecule has 0 spiro atoms. The molecule has 2 heterocycles. The van der Waals surface area contributed by atoms with Crippen LogP contribution >= 0.6 is 0 Å². The Hall–Kier alpha value is -1.32. The number of hydrogen-bond acceptors (Lipinski definition) is 6. The Morgan fingerprint density at radius 3 is 2.40 bits per heavy atom. The lowest BCUT2D eigenvalue weighted by Crippen LogP contribution is -2.41. The van der Waals surface area contributed by atoms with Gasteiger partial charge in [0.15, 0.2) is 0 Å². The first-order valence-corrected chi connectivity index (χ1v) is 10.3. The van der Waals surface area contributed by atoms with Crippen LogP contribution in [0.4, 0.5) is 5.69 Å². The average molecular weight is 368 g/mol. The molecule has 9 heteroatoms. The molecule has 7 nitrogen and oxygen atoms in total. The molecule has 0 unspecified atom stereocenters. The largest absolute Gasteiger partial charge is 0.500 e. The number of aromatic nitrogens is 1. The molecule has 0 bridgehead atoms. The molecule has 0 aromatic carbocycles. The summed E-state index contributed by atoms with van der Waals surface area (Å²) in [5.41, 5.74) is -0.0730. The third-order valence-corrected chi connectivity index (χ3v) is 5.45. The van der Waals surface area contributed by atoms with Gasteiger partial charge in [-0.2, -0.15) is 0 Å². The van der Waals surface area contributed by atoms with Crippen LogP contribution in [0.25, 0.3) is 0 Å².